The summed E-state index contributed by atoms with van der Waals surface area (Å²) >= 11 is 0. The summed E-state index contributed by atoms with van der Waals surface area (Å²) in [4.78, 5) is 25.8. The molecule has 0 saturated carbocycles. The van der Waals surface area contributed by atoms with Gasteiger partial charge in [0, 0.05) is 12.2 Å². The molecule has 134 valence electrons. The lowest BCUT2D eigenvalue weighted by Crippen LogP contribution is -2.36. The van der Waals surface area contributed by atoms with Crippen LogP contribution in [0.4, 0.5) is 10.5 Å². The van der Waals surface area contributed by atoms with Gasteiger partial charge in [0.25, 0.3) is 0 Å². The van der Waals surface area contributed by atoms with Crippen LogP contribution in [-0.2, 0) is 16.1 Å². The van der Waals surface area contributed by atoms with E-state index < -0.39 is 0 Å². The zero-order chi connectivity index (χ0) is 18.2. The second-order valence-electron chi connectivity index (χ2n) is 5.86. The lowest BCUT2D eigenvalue weighted by molar-refractivity contribution is -0.143. The third-order valence-corrected chi connectivity index (χ3v) is 3.58. The van der Waals surface area contributed by atoms with E-state index in [1.165, 1.54) is 4.90 Å². The van der Waals surface area contributed by atoms with Gasteiger partial charge in [0.05, 0.1) is 25.8 Å². The van der Waals surface area contributed by atoms with E-state index in [4.69, 9.17) is 9.15 Å². The van der Waals surface area contributed by atoms with Crippen molar-refractivity contribution in [2.45, 2.75) is 33.7 Å². The predicted molar refractivity (Wildman–Crippen MR) is 95.3 cm³/mol. The molecule has 2 rings (SSSR count). The number of nitrogens with one attached hydrogen (secondary N) is 1. The molecule has 2 aromatic rings. The molecule has 0 atom stereocenters. The topological polar surface area (TPSA) is 71.8 Å². The Morgan fingerprint density at radius 2 is 1.92 bits per heavy atom. The number of hydrogen-bond acceptors (Lipinski definition) is 4. The molecule has 0 bridgehead atoms. The first-order chi connectivity index (χ1) is 12.0. The third-order valence-electron chi connectivity index (χ3n) is 3.58. The minimum absolute atomic E-state index is 0.134. The number of urea groups is 1. The highest BCUT2D eigenvalue weighted by molar-refractivity contribution is 5.89. The fourth-order valence-corrected chi connectivity index (χ4v) is 2.55. The van der Waals surface area contributed by atoms with E-state index in [1.54, 1.807) is 25.3 Å². The number of furan rings is 1. The number of aryl methyl sites for hydroxylation is 2. The molecule has 2 amide bonds. The Labute approximate surface area is 147 Å². The highest BCUT2D eigenvalue weighted by Gasteiger charge is 2.17. The Bertz CT molecular complexity index is 690. The molecular weight excluding hydrogens is 320 g/mol. The van der Waals surface area contributed by atoms with Crippen molar-refractivity contribution in [2.75, 3.05) is 18.5 Å². The van der Waals surface area contributed by atoms with Crippen LogP contribution in [0.1, 0.15) is 30.2 Å². The molecule has 0 aliphatic heterocycles. The molecule has 1 heterocycles. The van der Waals surface area contributed by atoms with Crippen LogP contribution in [0, 0.1) is 13.8 Å². The summed E-state index contributed by atoms with van der Waals surface area (Å²) < 4.78 is 10.3. The number of rotatable bonds is 7. The summed E-state index contributed by atoms with van der Waals surface area (Å²) in [5.74, 6) is 0.325. The molecule has 0 saturated heterocycles. The van der Waals surface area contributed by atoms with Crippen molar-refractivity contribution in [1.82, 2.24) is 4.90 Å². The highest BCUT2D eigenvalue weighted by atomic mass is 16.5. The van der Waals surface area contributed by atoms with Gasteiger partial charge in [-0.25, -0.2) is 4.79 Å². The Kier molecular flexibility index (Phi) is 6.62. The van der Waals surface area contributed by atoms with Gasteiger partial charge in [-0.2, -0.15) is 0 Å². The molecule has 0 fully saturated rings. The van der Waals surface area contributed by atoms with Crippen molar-refractivity contribution in [3.05, 3.63) is 53.5 Å². The van der Waals surface area contributed by atoms with Crippen LogP contribution in [0.3, 0.4) is 0 Å². The second-order valence-corrected chi connectivity index (χ2v) is 5.86. The van der Waals surface area contributed by atoms with Crippen molar-refractivity contribution in [3.8, 4) is 0 Å². The van der Waals surface area contributed by atoms with E-state index in [9.17, 15) is 9.59 Å². The number of anilines is 1. The van der Waals surface area contributed by atoms with E-state index in [0.717, 1.165) is 16.8 Å². The van der Waals surface area contributed by atoms with Crippen LogP contribution < -0.4 is 5.32 Å². The number of nitrogens with zero attached hydrogens (tertiary/aromatic N) is 1. The number of hydrogen-bond donors (Lipinski definition) is 1. The summed E-state index contributed by atoms with van der Waals surface area (Å²) in [7, 11) is 0. The van der Waals surface area contributed by atoms with Crippen LogP contribution >= 0.6 is 0 Å². The number of carbonyl (C=O) groups excluding carboxylic acids is 2. The van der Waals surface area contributed by atoms with E-state index >= 15 is 0 Å². The minimum atomic E-state index is -0.328. The van der Waals surface area contributed by atoms with Gasteiger partial charge >= 0.3 is 12.0 Å². The number of ether oxygens (including phenoxy) is 1. The first-order valence-corrected chi connectivity index (χ1v) is 8.30. The van der Waals surface area contributed by atoms with Crippen LogP contribution in [-0.4, -0.2) is 30.1 Å². The van der Waals surface area contributed by atoms with Crippen molar-refractivity contribution in [2.24, 2.45) is 0 Å². The maximum Gasteiger partial charge on any atom is 0.322 e. The van der Waals surface area contributed by atoms with Gasteiger partial charge in [-0.3, -0.25) is 4.79 Å². The number of carbonyl (C=O) groups is 2. The number of amides is 2. The predicted octanol–water partition coefficient (Wildman–Crippen LogP) is 3.88. The van der Waals surface area contributed by atoms with Gasteiger partial charge < -0.3 is 19.4 Å². The van der Waals surface area contributed by atoms with E-state index in [2.05, 4.69) is 5.32 Å². The fourth-order valence-electron chi connectivity index (χ4n) is 2.55. The monoisotopic (exact) mass is 344 g/mol. The lowest BCUT2D eigenvalue weighted by Gasteiger charge is -2.22. The third kappa shape index (κ3) is 5.99. The van der Waals surface area contributed by atoms with Crippen LogP contribution in [0.5, 0.6) is 0 Å². The molecule has 1 aromatic heterocycles. The lowest BCUT2D eigenvalue weighted by atomic mass is 10.1. The molecular formula is C19H24N2O4. The van der Waals surface area contributed by atoms with Gasteiger partial charge in [0.1, 0.15) is 5.76 Å². The summed E-state index contributed by atoms with van der Waals surface area (Å²) in [5, 5.41) is 2.89. The summed E-state index contributed by atoms with van der Waals surface area (Å²) in [6.45, 7) is 6.56. The maximum atomic E-state index is 12.7. The van der Waals surface area contributed by atoms with Crippen LogP contribution in [0.15, 0.2) is 41.0 Å². The molecule has 6 nitrogen and oxygen atoms in total. The van der Waals surface area contributed by atoms with Gasteiger partial charge in [-0.05, 0) is 56.2 Å². The molecule has 1 N–H and O–H groups in total. The van der Waals surface area contributed by atoms with E-state index in [1.807, 2.05) is 32.0 Å². The summed E-state index contributed by atoms with van der Waals surface area (Å²) in [6, 6.07) is 9.12. The first kappa shape index (κ1) is 18.6. The zero-order valence-corrected chi connectivity index (χ0v) is 14.9. The Morgan fingerprint density at radius 1 is 1.20 bits per heavy atom. The van der Waals surface area contributed by atoms with Gasteiger partial charge in [-0.15, -0.1) is 0 Å². The standard InChI is InChI=1S/C19H24N2O4/c1-4-24-18(22)7-8-21(13-17-6-5-9-25-17)19(23)20-16-11-14(2)10-15(3)12-16/h5-6,9-12H,4,7-8,13H2,1-3H3,(H,20,23). The fraction of sp³-hybridized carbons (Fsp3) is 0.368. The van der Waals surface area contributed by atoms with Crippen molar-refractivity contribution >= 4 is 17.7 Å². The normalized spacial score (nSPS) is 10.4. The van der Waals surface area contributed by atoms with Gasteiger partial charge in [0.2, 0.25) is 0 Å². The van der Waals surface area contributed by atoms with Crippen LogP contribution in [0.2, 0.25) is 0 Å². The van der Waals surface area contributed by atoms with Crippen molar-refractivity contribution < 1.29 is 18.7 Å². The highest BCUT2D eigenvalue weighted by Crippen LogP contribution is 2.15. The van der Waals surface area contributed by atoms with Crippen molar-refractivity contribution in [3.63, 3.8) is 0 Å². The largest absolute Gasteiger partial charge is 0.467 e. The summed E-state index contributed by atoms with van der Waals surface area (Å²) in [5.41, 5.74) is 2.86. The molecule has 0 spiro atoms. The molecule has 0 unspecified atom stereocenters. The van der Waals surface area contributed by atoms with E-state index in [0.29, 0.717) is 12.4 Å². The average Bonchev–Trinajstić information content (AvgIpc) is 3.03. The Balaban J connectivity index is 2.06. The van der Waals surface area contributed by atoms with E-state index in [-0.39, 0.29) is 31.5 Å². The Morgan fingerprint density at radius 3 is 2.52 bits per heavy atom. The number of esters is 1. The maximum absolute atomic E-state index is 12.7. The molecule has 0 aliphatic rings. The second kappa shape index (κ2) is 8.92. The molecule has 6 heteroatoms. The zero-order valence-electron chi connectivity index (χ0n) is 14.9. The molecule has 0 radical (unpaired) electrons. The Hall–Kier alpha value is -2.76. The molecule has 0 aliphatic carbocycles. The first-order valence-electron chi connectivity index (χ1n) is 8.30. The van der Waals surface area contributed by atoms with Gasteiger partial charge in [0.15, 0.2) is 0 Å². The SMILES string of the molecule is CCOC(=O)CCN(Cc1ccco1)C(=O)Nc1cc(C)cc(C)c1. The van der Waals surface area contributed by atoms with Gasteiger partial charge in [-0.1, -0.05) is 6.07 Å². The van der Waals surface area contributed by atoms with Crippen molar-refractivity contribution in [1.29, 1.82) is 0 Å². The van der Waals surface area contributed by atoms with Crippen LogP contribution in [0.25, 0.3) is 0 Å². The number of benzene rings is 1. The molecule has 25 heavy (non-hydrogen) atoms. The average molecular weight is 344 g/mol. The quantitative estimate of drug-likeness (QED) is 0.774. The molecule has 1 aromatic carbocycles. The minimum Gasteiger partial charge on any atom is -0.467 e. The smallest absolute Gasteiger partial charge is 0.322 e. The summed E-state index contributed by atoms with van der Waals surface area (Å²) in [6.07, 6.45) is 1.69.